The Balaban J connectivity index is 2.54. The number of ether oxygens (including phenoxy) is 1. The molecular weight excluding hydrogens is 322 g/mol. The largest absolute Gasteiger partial charge is 0.461 e. The fourth-order valence-corrected chi connectivity index (χ4v) is 2.88. The van der Waals surface area contributed by atoms with Gasteiger partial charge in [0.2, 0.25) is 0 Å². The second-order valence-corrected chi connectivity index (χ2v) is 7.90. The van der Waals surface area contributed by atoms with Gasteiger partial charge in [-0.05, 0) is 18.4 Å². The molecule has 0 fully saturated rings. The summed E-state index contributed by atoms with van der Waals surface area (Å²) in [4.78, 5) is 11.8. The Morgan fingerprint density at radius 2 is 1.90 bits per heavy atom. The molecule has 0 amide bonds. The van der Waals surface area contributed by atoms with Crippen molar-refractivity contribution in [2.24, 2.45) is 5.41 Å². The van der Waals surface area contributed by atoms with Crippen LogP contribution < -0.4 is 0 Å². The molecule has 114 valence electrons. The van der Waals surface area contributed by atoms with Crippen LogP contribution in [0.4, 0.5) is 0 Å². The Morgan fingerprint density at radius 1 is 1.29 bits per heavy atom. The van der Waals surface area contributed by atoms with Gasteiger partial charge in [0.05, 0.1) is 11.5 Å². The normalized spacial score (nSPS) is 14.0. The highest BCUT2D eigenvalue weighted by Crippen LogP contribution is 2.48. The molecule has 0 aromatic heterocycles. The number of esters is 1. The third-order valence-electron chi connectivity index (χ3n) is 3.46. The summed E-state index contributed by atoms with van der Waals surface area (Å²) in [5, 5.41) is 9.38. The van der Waals surface area contributed by atoms with Crippen LogP contribution in [-0.2, 0) is 16.1 Å². The molecule has 0 aliphatic rings. The van der Waals surface area contributed by atoms with Gasteiger partial charge in [0, 0.05) is 6.42 Å². The van der Waals surface area contributed by atoms with Gasteiger partial charge in [-0.1, -0.05) is 37.3 Å². The molecule has 0 heterocycles. The molecule has 6 heteroatoms. The summed E-state index contributed by atoms with van der Waals surface area (Å²) in [5.74, 6) is -0.342. The predicted octanol–water partition coefficient (Wildman–Crippen LogP) is 3.87. The average molecular weight is 342 g/mol. The van der Waals surface area contributed by atoms with Crippen LogP contribution in [0.2, 0.25) is 0 Å². The zero-order valence-electron chi connectivity index (χ0n) is 11.8. The number of nitrogens with zero attached hydrogens (tertiary/aromatic N) is 1. The predicted molar refractivity (Wildman–Crippen MR) is 93.5 cm³/mol. The van der Waals surface area contributed by atoms with E-state index in [9.17, 15) is 10.1 Å². The lowest BCUT2D eigenvalue weighted by Crippen LogP contribution is -2.34. The highest BCUT2D eigenvalue weighted by atomic mass is 32.2. The number of hydrogen-bond acceptors (Lipinski definition) is 6. The van der Waals surface area contributed by atoms with Gasteiger partial charge in [0.25, 0.3) is 0 Å². The fourth-order valence-electron chi connectivity index (χ4n) is 1.92. The lowest BCUT2D eigenvalue weighted by Gasteiger charge is -2.35. The van der Waals surface area contributed by atoms with Gasteiger partial charge in [0.1, 0.15) is 10.0 Å². The number of carbonyl (C=O) groups excluding carboxylic acids is 1. The Bertz CT molecular complexity index is 508. The van der Waals surface area contributed by atoms with E-state index in [2.05, 4.69) is 44.0 Å². The number of thiol groups is 3. The number of benzene rings is 1. The SMILES string of the molecule is CCC(C#N)(CCC(=O)OCc1ccccc1)C(S)(S)S. The van der Waals surface area contributed by atoms with Crippen molar-refractivity contribution in [1.29, 1.82) is 5.26 Å². The monoisotopic (exact) mass is 341 g/mol. The molecular formula is C15H19NO2S3. The molecule has 1 aromatic rings. The highest BCUT2D eigenvalue weighted by Gasteiger charge is 2.44. The summed E-state index contributed by atoms with van der Waals surface area (Å²) < 4.78 is 4.13. The minimum atomic E-state index is -1.07. The van der Waals surface area contributed by atoms with E-state index in [1.807, 2.05) is 37.3 Å². The number of rotatable bonds is 7. The molecule has 0 spiro atoms. The second-order valence-electron chi connectivity index (χ2n) is 4.83. The molecule has 3 nitrogen and oxygen atoms in total. The van der Waals surface area contributed by atoms with Crippen molar-refractivity contribution in [3.05, 3.63) is 35.9 Å². The standard InChI is InChI=1S/C15H19NO2S3/c1-2-14(11-16,15(19,20)21)9-8-13(17)18-10-12-6-4-3-5-7-12/h3-7,19-21H,2,8-10H2,1H3. The summed E-state index contributed by atoms with van der Waals surface area (Å²) in [6, 6.07) is 11.6. The molecule has 0 saturated carbocycles. The Labute approximate surface area is 142 Å². The topological polar surface area (TPSA) is 50.1 Å². The van der Waals surface area contributed by atoms with Crippen molar-refractivity contribution in [3.8, 4) is 6.07 Å². The molecule has 1 unspecified atom stereocenters. The van der Waals surface area contributed by atoms with Crippen LogP contribution in [0.15, 0.2) is 30.3 Å². The molecule has 1 aromatic carbocycles. The maximum atomic E-state index is 11.8. The van der Waals surface area contributed by atoms with Crippen LogP contribution in [0, 0.1) is 16.7 Å². The molecule has 0 N–H and O–H groups in total. The van der Waals surface area contributed by atoms with E-state index < -0.39 is 8.83 Å². The summed E-state index contributed by atoms with van der Waals surface area (Å²) >= 11 is 12.8. The van der Waals surface area contributed by atoms with E-state index in [-0.39, 0.29) is 19.0 Å². The first-order valence-electron chi connectivity index (χ1n) is 6.62. The maximum absolute atomic E-state index is 11.8. The zero-order chi connectivity index (χ0) is 15.9. The molecule has 0 saturated heterocycles. The van der Waals surface area contributed by atoms with Gasteiger partial charge >= 0.3 is 5.97 Å². The van der Waals surface area contributed by atoms with Gasteiger partial charge in [-0.3, -0.25) is 4.79 Å². The minimum Gasteiger partial charge on any atom is -0.461 e. The smallest absolute Gasteiger partial charge is 0.306 e. The lowest BCUT2D eigenvalue weighted by molar-refractivity contribution is -0.145. The quantitative estimate of drug-likeness (QED) is 0.401. The van der Waals surface area contributed by atoms with Crippen LogP contribution in [0.25, 0.3) is 0 Å². The van der Waals surface area contributed by atoms with Crippen LogP contribution in [-0.4, -0.2) is 9.38 Å². The van der Waals surface area contributed by atoms with Crippen LogP contribution in [0.3, 0.4) is 0 Å². The van der Waals surface area contributed by atoms with Crippen molar-refractivity contribution < 1.29 is 9.53 Å². The fraction of sp³-hybridized carbons (Fsp3) is 0.467. The van der Waals surface area contributed by atoms with Gasteiger partial charge in [-0.25, -0.2) is 0 Å². The van der Waals surface area contributed by atoms with E-state index >= 15 is 0 Å². The van der Waals surface area contributed by atoms with E-state index in [0.29, 0.717) is 12.8 Å². The highest BCUT2D eigenvalue weighted by molar-refractivity contribution is 8.17. The second kappa shape index (κ2) is 8.02. The Kier molecular flexibility index (Phi) is 6.98. The summed E-state index contributed by atoms with van der Waals surface area (Å²) in [6.07, 6.45) is 0.952. The van der Waals surface area contributed by atoms with Crippen molar-refractivity contribution in [2.75, 3.05) is 0 Å². The maximum Gasteiger partial charge on any atom is 0.306 e. The van der Waals surface area contributed by atoms with E-state index in [4.69, 9.17) is 4.74 Å². The first kappa shape index (κ1) is 18.3. The van der Waals surface area contributed by atoms with Crippen LogP contribution >= 0.6 is 37.9 Å². The third kappa shape index (κ3) is 5.17. The molecule has 1 atom stereocenters. The number of carbonyl (C=O) groups is 1. The van der Waals surface area contributed by atoms with Crippen LogP contribution in [0.1, 0.15) is 31.7 Å². The molecule has 21 heavy (non-hydrogen) atoms. The molecule has 0 radical (unpaired) electrons. The Hall–Kier alpha value is -0.770. The minimum absolute atomic E-state index is 0.137. The van der Waals surface area contributed by atoms with E-state index in [1.165, 1.54) is 0 Å². The first-order valence-corrected chi connectivity index (χ1v) is 7.96. The molecule has 0 bridgehead atoms. The zero-order valence-corrected chi connectivity index (χ0v) is 14.5. The number of hydrogen-bond donors (Lipinski definition) is 3. The Morgan fingerprint density at radius 3 is 2.38 bits per heavy atom. The lowest BCUT2D eigenvalue weighted by atomic mass is 9.83. The number of nitriles is 1. The van der Waals surface area contributed by atoms with Gasteiger partial charge < -0.3 is 4.74 Å². The summed E-state index contributed by atoms with van der Waals surface area (Å²) in [6.45, 7) is 2.09. The summed E-state index contributed by atoms with van der Waals surface area (Å²) in [7, 11) is 0. The molecule has 0 aliphatic heterocycles. The van der Waals surface area contributed by atoms with Crippen molar-refractivity contribution in [3.63, 3.8) is 0 Å². The third-order valence-corrected chi connectivity index (χ3v) is 4.74. The van der Waals surface area contributed by atoms with Gasteiger partial charge in [0.15, 0.2) is 0 Å². The first-order chi connectivity index (χ1) is 9.84. The van der Waals surface area contributed by atoms with Crippen LogP contribution in [0.5, 0.6) is 0 Å². The van der Waals surface area contributed by atoms with Crippen molar-refractivity contribution in [2.45, 2.75) is 36.2 Å². The molecule has 0 aliphatic carbocycles. The van der Waals surface area contributed by atoms with Crippen molar-refractivity contribution in [1.82, 2.24) is 0 Å². The van der Waals surface area contributed by atoms with Gasteiger partial charge in [-0.2, -0.15) is 5.26 Å². The summed E-state index contributed by atoms with van der Waals surface area (Å²) in [5.41, 5.74) is 0.0356. The van der Waals surface area contributed by atoms with E-state index in [0.717, 1.165) is 5.56 Å². The average Bonchev–Trinajstić information content (AvgIpc) is 2.46. The van der Waals surface area contributed by atoms with E-state index in [1.54, 1.807) is 0 Å². The molecule has 1 rings (SSSR count). The van der Waals surface area contributed by atoms with Crippen molar-refractivity contribution >= 4 is 43.9 Å². The van der Waals surface area contributed by atoms with Gasteiger partial charge in [-0.15, -0.1) is 37.9 Å².